The first kappa shape index (κ1) is 21.0. The van der Waals surface area contributed by atoms with Crippen LogP contribution in [-0.2, 0) is 14.3 Å². The van der Waals surface area contributed by atoms with Gasteiger partial charge in [0.25, 0.3) is 5.91 Å². The number of carbonyl (C=O) groups is 3. The van der Waals surface area contributed by atoms with Crippen molar-refractivity contribution in [1.82, 2.24) is 15.2 Å². The van der Waals surface area contributed by atoms with Crippen molar-refractivity contribution >= 4 is 23.4 Å². The van der Waals surface area contributed by atoms with Gasteiger partial charge in [-0.1, -0.05) is 17.7 Å². The number of ether oxygens (including phenoxy) is 1. The molecule has 3 amide bonds. The zero-order valence-corrected chi connectivity index (χ0v) is 16.0. The Morgan fingerprint density at radius 2 is 1.71 bits per heavy atom. The Morgan fingerprint density at radius 1 is 1.04 bits per heavy atom. The van der Waals surface area contributed by atoms with Crippen molar-refractivity contribution in [3.05, 3.63) is 59.9 Å². The molecule has 8 heteroatoms. The Morgan fingerprint density at radius 3 is 2.36 bits per heavy atom. The minimum atomic E-state index is -0.433. The summed E-state index contributed by atoms with van der Waals surface area (Å²) in [6, 6.07) is 10.5. The third-order valence-corrected chi connectivity index (χ3v) is 3.90. The average Bonchev–Trinajstić information content (AvgIpc) is 2.71. The Labute approximate surface area is 163 Å². The monoisotopic (exact) mass is 384 g/mol. The van der Waals surface area contributed by atoms with Gasteiger partial charge in [0, 0.05) is 37.3 Å². The standard InChI is InChI=1S/C20H24N4O4/c1-15-3-5-17(6-4-15)23-18(25)13-22-19(26)14-24(11-12-28-2)20(27)16-7-9-21-10-8-16/h3-10H,11-14H2,1-2H3,(H,22,26)(H,23,25). The Bertz CT molecular complexity index is 794. The summed E-state index contributed by atoms with van der Waals surface area (Å²) in [6.45, 7) is 2.13. The molecular weight excluding hydrogens is 360 g/mol. The molecule has 0 atom stereocenters. The van der Waals surface area contributed by atoms with E-state index in [1.54, 1.807) is 24.3 Å². The zero-order chi connectivity index (χ0) is 20.4. The number of amides is 3. The molecule has 2 rings (SSSR count). The largest absolute Gasteiger partial charge is 0.383 e. The average molecular weight is 384 g/mol. The van der Waals surface area contributed by atoms with Crippen LogP contribution in [-0.4, -0.2) is 61.0 Å². The zero-order valence-electron chi connectivity index (χ0n) is 16.0. The van der Waals surface area contributed by atoms with Crippen molar-refractivity contribution in [3.63, 3.8) is 0 Å². The summed E-state index contributed by atoms with van der Waals surface area (Å²) in [5.74, 6) is -1.09. The van der Waals surface area contributed by atoms with Gasteiger partial charge in [0.05, 0.1) is 19.7 Å². The first-order valence-corrected chi connectivity index (χ1v) is 8.81. The molecule has 2 aromatic rings. The fraction of sp³-hybridized carbons (Fsp3) is 0.300. The number of nitrogens with zero attached hydrogens (tertiary/aromatic N) is 2. The Hall–Kier alpha value is -3.26. The first-order valence-electron chi connectivity index (χ1n) is 8.81. The lowest BCUT2D eigenvalue weighted by Gasteiger charge is -2.22. The number of aromatic nitrogens is 1. The van der Waals surface area contributed by atoms with Crippen LogP contribution in [0.4, 0.5) is 5.69 Å². The summed E-state index contributed by atoms with van der Waals surface area (Å²) in [5.41, 5.74) is 2.16. The highest BCUT2D eigenvalue weighted by atomic mass is 16.5. The number of aryl methyl sites for hydroxylation is 1. The van der Waals surface area contributed by atoms with E-state index < -0.39 is 5.91 Å². The van der Waals surface area contributed by atoms with Gasteiger partial charge in [-0.15, -0.1) is 0 Å². The number of nitrogens with one attached hydrogen (secondary N) is 2. The summed E-state index contributed by atoms with van der Waals surface area (Å²) < 4.78 is 5.01. The van der Waals surface area contributed by atoms with Gasteiger partial charge < -0.3 is 20.3 Å². The van der Waals surface area contributed by atoms with E-state index >= 15 is 0 Å². The normalized spacial score (nSPS) is 10.2. The first-order chi connectivity index (χ1) is 13.5. The summed E-state index contributed by atoms with van der Waals surface area (Å²) >= 11 is 0. The molecule has 0 fully saturated rings. The number of hydrogen-bond acceptors (Lipinski definition) is 5. The minimum Gasteiger partial charge on any atom is -0.383 e. The van der Waals surface area contributed by atoms with Crippen LogP contribution in [0.15, 0.2) is 48.8 Å². The molecule has 0 aliphatic heterocycles. The Kier molecular flexibility index (Phi) is 8.11. The molecule has 1 aromatic carbocycles. The maximum Gasteiger partial charge on any atom is 0.254 e. The highest BCUT2D eigenvalue weighted by molar-refractivity contribution is 5.98. The van der Waals surface area contributed by atoms with E-state index in [0.717, 1.165) is 5.56 Å². The summed E-state index contributed by atoms with van der Waals surface area (Å²) in [4.78, 5) is 42.0. The topological polar surface area (TPSA) is 101 Å². The molecule has 1 heterocycles. The van der Waals surface area contributed by atoms with E-state index in [9.17, 15) is 14.4 Å². The molecule has 0 saturated carbocycles. The molecule has 0 radical (unpaired) electrons. The fourth-order valence-corrected chi connectivity index (χ4v) is 2.38. The number of benzene rings is 1. The van der Waals surface area contributed by atoms with Crippen molar-refractivity contribution in [1.29, 1.82) is 0 Å². The molecule has 148 valence electrons. The highest BCUT2D eigenvalue weighted by Crippen LogP contribution is 2.08. The van der Waals surface area contributed by atoms with Crippen LogP contribution < -0.4 is 10.6 Å². The molecule has 28 heavy (non-hydrogen) atoms. The van der Waals surface area contributed by atoms with Gasteiger partial charge in [-0.2, -0.15) is 0 Å². The van der Waals surface area contributed by atoms with Crippen molar-refractivity contribution < 1.29 is 19.1 Å². The van der Waals surface area contributed by atoms with Gasteiger partial charge in [0.15, 0.2) is 0 Å². The van der Waals surface area contributed by atoms with Crippen molar-refractivity contribution in [2.24, 2.45) is 0 Å². The molecule has 0 bridgehead atoms. The van der Waals surface area contributed by atoms with E-state index in [2.05, 4.69) is 15.6 Å². The van der Waals surface area contributed by atoms with Crippen LogP contribution in [0.5, 0.6) is 0 Å². The summed E-state index contributed by atoms with van der Waals surface area (Å²) in [7, 11) is 1.52. The molecule has 1 aromatic heterocycles. The van der Waals surface area contributed by atoms with Crippen LogP contribution in [0.3, 0.4) is 0 Å². The summed E-state index contributed by atoms with van der Waals surface area (Å²) in [5, 5.41) is 5.23. The minimum absolute atomic E-state index is 0.178. The number of anilines is 1. The predicted molar refractivity (Wildman–Crippen MR) is 105 cm³/mol. The second-order valence-electron chi connectivity index (χ2n) is 6.15. The third kappa shape index (κ3) is 6.81. The van der Waals surface area contributed by atoms with Crippen molar-refractivity contribution in [3.8, 4) is 0 Å². The molecule has 0 aliphatic rings. The maximum absolute atomic E-state index is 12.6. The lowest BCUT2D eigenvalue weighted by Crippen LogP contribution is -2.44. The molecule has 0 aliphatic carbocycles. The fourth-order valence-electron chi connectivity index (χ4n) is 2.38. The number of rotatable bonds is 9. The van der Waals surface area contributed by atoms with Gasteiger partial charge in [0.1, 0.15) is 0 Å². The van der Waals surface area contributed by atoms with E-state index in [-0.39, 0.29) is 38.1 Å². The van der Waals surface area contributed by atoms with Crippen LogP contribution in [0.1, 0.15) is 15.9 Å². The van der Waals surface area contributed by atoms with Gasteiger partial charge in [0.2, 0.25) is 11.8 Å². The maximum atomic E-state index is 12.6. The molecule has 0 unspecified atom stereocenters. The van der Waals surface area contributed by atoms with Crippen LogP contribution in [0.2, 0.25) is 0 Å². The number of pyridine rings is 1. The molecular formula is C20H24N4O4. The lowest BCUT2D eigenvalue weighted by atomic mass is 10.2. The number of methoxy groups -OCH3 is 1. The lowest BCUT2D eigenvalue weighted by molar-refractivity contribution is -0.124. The van der Waals surface area contributed by atoms with E-state index in [1.807, 2.05) is 19.1 Å². The molecule has 8 nitrogen and oxygen atoms in total. The predicted octanol–water partition coefficient (Wildman–Crippen LogP) is 1.23. The van der Waals surface area contributed by atoms with E-state index in [1.165, 1.54) is 24.4 Å². The van der Waals surface area contributed by atoms with E-state index in [0.29, 0.717) is 11.3 Å². The van der Waals surface area contributed by atoms with Crippen LogP contribution in [0, 0.1) is 6.92 Å². The highest BCUT2D eigenvalue weighted by Gasteiger charge is 2.19. The smallest absolute Gasteiger partial charge is 0.254 e. The SMILES string of the molecule is COCCN(CC(=O)NCC(=O)Nc1ccc(C)cc1)C(=O)c1ccncc1. The second kappa shape index (κ2) is 10.8. The second-order valence-corrected chi connectivity index (χ2v) is 6.15. The number of hydrogen-bond donors (Lipinski definition) is 2. The van der Waals surface area contributed by atoms with Crippen LogP contribution >= 0.6 is 0 Å². The molecule has 0 spiro atoms. The Balaban J connectivity index is 1.87. The van der Waals surface area contributed by atoms with Crippen LogP contribution in [0.25, 0.3) is 0 Å². The third-order valence-electron chi connectivity index (χ3n) is 3.90. The van der Waals surface area contributed by atoms with Gasteiger partial charge in [-0.3, -0.25) is 19.4 Å². The number of carbonyl (C=O) groups excluding carboxylic acids is 3. The summed E-state index contributed by atoms with van der Waals surface area (Å²) in [6.07, 6.45) is 3.02. The van der Waals surface area contributed by atoms with Gasteiger partial charge in [-0.25, -0.2) is 0 Å². The van der Waals surface area contributed by atoms with Crippen molar-refractivity contribution in [2.75, 3.05) is 38.7 Å². The molecule has 0 saturated heterocycles. The van der Waals surface area contributed by atoms with E-state index in [4.69, 9.17) is 4.74 Å². The quantitative estimate of drug-likeness (QED) is 0.677. The van der Waals surface area contributed by atoms with Gasteiger partial charge in [-0.05, 0) is 31.2 Å². The van der Waals surface area contributed by atoms with Crippen molar-refractivity contribution in [2.45, 2.75) is 6.92 Å². The van der Waals surface area contributed by atoms with Gasteiger partial charge >= 0.3 is 0 Å². The molecule has 2 N–H and O–H groups in total.